The molecule has 0 spiro atoms. The van der Waals surface area contributed by atoms with Gasteiger partial charge in [-0.1, -0.05) is 0 Å². The Morgan fingerprint density at radius 2 is 2.29 bits per heavy atom. The Morgan fingerprint density at radius 1 is 1.43 bits per heavy atom. The first-order valence-electron chi connectivity index (χ1n) is 7.45. The second kappa shape index (κ2) is 5.85. The molecule has 2 heterocycles. The van der Waals surface area contributed by atoms with E-state index >= 15 is 0 Å². The van der Waals surface area contributed by atoms with Crippen LogP contribution in [0.1, 0.15) is 24.2 Å². The van der Waals surface area contributed by atoms with Gasteiger partial charge in [0, 0.05) is 0 Å². The molecular weight excluding hydrogens is 266 g/mol. The normalized spacial score (nSPS) is 18.9. The van der Waals surface area contributed by atoms with Crippen molar-refractivity contribution in [1.82, 2.24) is 15.3 Å². The van der Waals surface area contributed by atoms with Crippen LogP contribution < -0.4 is 15.6 Å². The fourth-order valence-corrected chi connectivity index (χ4v) is 3.09. The van der Waals surface area contributed by atoms with Crippen LogP contribution in [0.4, 0.5) is 0 Å². The molecule has 2 aromatic rings. The fourth-order valence-electron chi connectivity index (χ4n) is 3.09. The number of nitrogens with zero attached hydrogens (tertiary/aromatic N) is 1. The van der Waals surface area contributed by atoms with E-state index in [0.29, 0.717) is 17.1 Å². The van der Waals surface area contributed by atoms with Gasteiger partial charge in [-0.25, -0.2) is 4.98 Å². The van der Waals surface area contributed by atoms with Gasteiger partial charge in [-0.2, -0.15) is 0 Å². The largest absolute Gasteiger partial charge is 0.496 e. The third kappa shape index (κ3) is 2.93. The first-order valence-corrected chi connectivity index (χ1v) is 7.45. The fraction of sp³-hybridized carbons (Fsp3) is 0.500. The molecule has 0 aliphatic carbocycles. The molecule has 0 radical (unpaired) electrons. The number of nitrogens with one attached hydrogen (secondary N) is 2. The van der Waals surface area contributed by atoms with E-state index in [9.17, 15) is 4.79 Å². The Balaban J connectivity index is 2.02. The van der Waals surface area contributed by atoms with E-state index in [1.165, 1.54) is 12.8 Å². The van der Waals surface area contributed by atoms with Crippen molar-refractivity contribution in [2.75, 3.05) is 20.2 Å². The number of ether oxygens (including phenoxy) is 1. The first-order chi connectivity index (χ1) is 10.2. The summed E-state index contributed by atoms with van der Waals surface area (Å²) >= 11 is 0. The van der Waals surface area contributed by atoms with Gasteiger partial charge in [0.15, 0.2) is 0 Å². The predicted octanol–water partition coefficient (Wildman–Crippen LogP) is 1.78. The molecule has 3 rings (SSSR count). The van der Waals surface area contributed by atoms with Crippen LogP contribution in [0, 0.1) is 12.8 Å². The van der Waals surface area contributed by atoms with Crippen LogP contribution in [0.3, 0.4) is 0 Å². The number of piperidine rings is 1. The minimum absolute atomic E-state index is 0.110. The lowest BCUT2D eigenvalue weighted by atomic mass is 9.91. The second-order valence-electron chi connectivity index (χ2n) is 5.75. The number of H-pyrrole nitrogens is 1. The van der Waals surface area contributed by atoms with Gasteiger partial charge in [-0.05, 0) is 62.9 Å². The molecule has 0 bridgehead atoms. The van der Waals surface area contributed by atoms with Crippen molar-refractivity contribution in [2.24, 2.45) is 5.92 Å². The number of aromatic nitrogens is 2. The highest BCUT2D eigenvalue weighted by molar-refractivity contribution is 5.80. The Morgan fingerprint density at radius 3 is 3.00 bits per heavy atom. The number of fused-ring (bicyclic) bond motifs is 1. The van der Waals surface area contributed by atoms with E-state index in [1.807, 2.05) is 12.1 Å². The van der Waals surface area contributed by atoms with Gasteiger partial charge >= 0.3 is 0 Å². The Kier molecular flexibility index (Phi) is 3.92. The van der Waals surface area contributed by atoms with Crippen molar-refractivity contribution in [3.8, 4) is 5.75 Å². The molecule has 5 heteroatoms. The van der Waals surface area contributed by atoms with E-state index < -0.39 is 0 Å². The maximum atomic E-state index is 12.0. The van der Waals surface area contributed by atoms with Crippen molar-refractivity contribution < 1.29 is 4.74 Å². The third-order valence-corrected chi connectivity index (χ3v) is 4.13. The first kappa shape index (κ1) is 14.1. The predicted molar refractivity (Wildman–Crippen MR) is 83.0 cm³/mol. The second-order valence-corrected chi connectivity index (χ2v) is 5.75. The summed E-state index contributed by atoms with van der Waals surface area (Å²) in [5.74, 6) is 2.04. The quantitative estimate of drug-likeness (QED) is 0.903. The van der Waals surface area contributed by atoms with Crippen LogP contribution in [0.5, 0.6) is 5.75 Å². The Bertz CT molecular complexity index is 702. The van der Waals surface area contributed by atoms with Gasteiger partial charge < -0.3 is 15.0 Å². The monoisotopic (exact) mass is 287 g/mol. The van der Waals surface area contributed by atoms with Crippen LogP contribution in [0.25, 0.3) is 10.9 Å². The zero-order valence-electron chi connectivity index (χ0n) is 12.5. The molecule has 0 amide bonds. The van der Waals surface area contributed by atoms with Crippen LogP contribution in [-0.4, -0.2) is 30.2 Å². The van der Waals surface area contributed by atoms with E-state index in [4.69, 9.17) is 4.74 Å². The lowest BCUT2D eigenvalue weighted by Gasteiger charge is -2.23. The van der Waals surface area contributed by atoms with E-state index in [2.05, 4.69) is 15.3 Å². The maximum Gasteiger partial charge on any atom is 0.258 e. The highest BCUT2D eigenvalue weighted by Crippen LogP contribution is 2.27. The average molecular weight is 287 g/mol. The van der Waals surface area contributed by atoms with Gasteiger partial charge in [0.05, 0.1) is 18.0 Å². The van der Waals surface area contributed by atoms with Crippen molar-refractivity contribution >= 4 is 10.9 Å². The van der Waals surface area contributed by atoms with Crippen molar-refractivity contribution in [1.29, 1.82) is 0 Å². The Hall–Kier alpha value is -1.88. The minimum atomic E-state index is -0.110. The molecule has 1 aliphatic heterocycles. The summed E-state index contributed by atoms with van der Waals surface area (Å²) in [6.07, 6.45) is 3.41. The smallest absolute Gasteiger partial charge is 0.258 e. The van der Waals surface area contributed by atoms with Gasteiger partial charge in [0.2, 0.25) is 0 Å². The number of aromatic amines is 1. The lowest BCUT2D eigenvalue weighted by Crippen LogP contribution is -2.30. The molecule has 1 aromatic carbocycles. The summed E-state index contributed by atoms with van der Waals surface area (Å²) in [4.78, 5) is 19.2. The SMILES string of the molecule is COc1cc2c(=O)[nH]c(C)nc2cc1CC1CCCNC1. The number of aryl methyl sites for hydroxylation is 1. The summed E-state index contributed by atoms with van der Waals surface area (Å²) in [7, 11) is 1.65. The lowest BCUT2D eigenvalue weighted by molar-refractivity contribution is 0.364. The Labute approximate surface area is 123 Å². The number of hydrogen-bond acceptors (Lipinski definition) is 4. The van der Waals surface area contributed by atoms with Gasteiger partial charge in [-0.3, -0.25) is 4.79 Å². The summed E-state index contributed by atoms with van der Waals surface area (Å²) in [6, 6.07) is 3.82. The molecule has 2 N–H and O–H groups in total. The number of hydrogen-bond donors (Lipinski definition) is 2. The molecule has 1 atom stereocenters. The van der Waals surface area contributed by atoms with Crippen LogP contribution in [-0.2, 0) is 6.42 Å². The summed E-state index contributed by atoms with van der Waals surface area (Å²) < 4.78 is 5.48. The van der Waals surface area contributed by atoms with E-state index in [-0.39, 0.29) is 5.56 Å². The standard InChI is InChI=1S/C16H21N3O2/c1-10-18-14-7-12(6-11-4-3-5-17-9-11)15(21-2)8-13(14)16(20)19-10/h7-8,11,17H,3-6,9H2,1-2H3,(H,18,19,20). The van der Waals surface area contributed by atoms with E-state index in [0.717, 1.165) is 36.3 Å². The molecular formula is C16H21N3O2. The van der Waals surface area contributed by atoms with Gasteiger partial charge in [0.25, 0.3) is 5.56 Å². The molecule has 1 aliphatic rings. The average Bonchev–Trinajstić information content (AvgIpc) is 2.47. The van der Waals surface area contributed by atoms with Crippen LogP contribution in [0.2, 0.25) is 0 Å². The molecule has 5 nitrogen and oxygen atoms in total. The maximum absolute atomic E-state index is 12.0. The topological polar surface area (TPSA) is 67.0 Å². The minimum Gasteiger partial charge on any atom is -0.496 e. The number of benzene rings is 1. The van der Waals surface area contributed by atoms with Crippen molar-refractivity contribution in [2.45, 2.75) is 26.2 Å². The highest BCUT2D eigenvalue weighted by atomic mass is 16.5. The van der Waals surface area contributed by atoms with Crippen LogP contribution in [0.15, 0.2) is 16.9 Å². The molecule has 1 aromatic heterocycles. The molecule has 0 saturated carbocycles. The van der Waals surface area contributed by atoms with Crippen molar-refractivity contribution in [3.05, 3.63) is 33.9 Å². The van der Waals surface area contributed by atoms with Crippen LogP contribution >= 0.6 is 0 Å². The van der Waals surface area contributed by atoms with Gasteiger partial charge in [0.1, 0.15) is 11.6 Å². The highest BCUT2D eigenvalue weighted by Gasteiger charge is 2.17. The molecule has 1 saturated heterocycles. The molecule has 21 heavy (non-hydrogen) atoms. The summed E-state index contributed by atoms with van der Waals surface area (Å²) in [5.41, 5.74) is 1.77. The van der Waals surface area contributed by atoms with E-state index in [1.54, 1.807) is 14.0 Å². The number of rotatable bonds is 3. The van der Waals surface area contributed by atoms with Gasteiger partial charge in [-0.15, -0.1) is 0 Å². The molecule has 1 fully saturated rings. The molecule has 112 valence electrons. The zero-order valence-corrected chi connectivity index (χ0v) is 12.5. The zero-order chi connectivity index (χ0) is 14.8. The summed E-state index contributed by atoms with van der Waals surface area (Å²) in [6.45, 7) is 3.96. The third-order valence-electron chi connectivity index (χ3n) is 4.13. The number of methoxy groups -OCH3 is 1. The van der Waals surface area contributed by atoms with Crippen molar-refractivity contribution in [3.63, 3.8) is 0 Å². The summed E-state index contributed by atoms with van der Waals surface area (Å²) in [5, 5.41) is 4.02. The molecule has 1 unspecified atom stereocenters.